The monoisotopic (exact) mass is 412 g/mol. The molecule has 3 rings (SSSR count). The summed E-state index contributed by atoms with van der Waals surface area (Å²) in [6, 6.07) is 12.7. The highest BCUT2D eigenvalue weighted by Gasteiger charge is 2.16. The van der Waals surface area contributed by atoms with Gasteiger partial charge in [-0.3, -0.25) is 9.59 Å². The number of hydrogen-bond donors (Lipinski definition) is 1. The number of fused-ring (bicyclic) bond motifs is 1. The molecule has 0 aliphatic carbocycles. The van der Waals surface area contributed by atoms with Crippen molar-refractivity contribution in [3.8, 4) is 5.75 Å². The van der Waals surface area contributed by atoms with Crippen LogP contribution in [0.4, 0.5) is 5.69 Å². The molecule has 1 heterocycles. The number of anilines is 1. The van der Waals surface area contributed by atoms with Gasteiger partial charge >= 0.3 is 0 Å². The first-order chi connectivity index (χ1) is 13.9. The van der Waals surface area contributed by atoms with Gasteiger partial charge in [0.25, 0.3) is 5.91 Å². The number of carbonyl (C=O) groups is 2. The highest BCUT2D eigenvalue weighted by Crippen LogP contribution is 2.26. The minimum atomic E-state index is -0.219. The van der Waals surface area contributed by atoms with Crippen LogP contribution in [-0.4, -0.2) is 53.7 Å². The fourth-order valence-corrected chi connectivity index (χ4v) is 3.55. The van der Waals surface area contributed by atoms with Crippen LogP contribution in [0, 0.1) is 0 Å². The Balaban J connectivity index is 1.88. The molecule has 0 atom stereocenters. The first-order valence-corrected chi connectivity index (χ1v) is 10.5. The topological polar surface area (TPSA) is 76.5 Å². The molecule has 0 saturated heterocycles. The number of nitrogens with one attached hydrogen (secondary N) is 1. The van der Waals surface area contributed by atoms with Crippen molar-refractivity contribution in [2.24, 2.45) is 0 Å². The van der Waals surface area contributed by atoms with Crippen LogP contribution in [-0.2, 0) is 17.1 Å². The number of nitrogens with zero attached hydrogens (tertiary/aromatic N) is 3. The first kappa shape index (κ1) is 20.7. The summed E-state index contributed by atoms with van der Waals surface area (Å²) in [5.41, 5.74) is 2.71. The Morgan fingerprint density at radius 2 is 1.97 bits per heavy atom. The van der Waals surface area contributed by atoms with Crippen LogP contribution in [0.1, 0.15) is 16.2 Å². The van der Waals surface area contributed by atoms with Gasteiger partial charge in [-0.2, -0.15) is 11.8 Å². The fraction of sp³-hybridized carbons (Fsp3) is 0.286. The number of ether oxygens (including phenoxy) is 1. The van der Waals surface area contributed by atoms with Gasteiger partial charge in [-0.05, 0) is 36.6 Å². The van der Waals surface area contributed by atoms with Crippen LogP contribution in [0.3, 0.4) is 0 Å². The molecular formula is C21H24N4O3S. The molecule has 0 radical (unpaired) electrons. The van der Waals surface area contributed by atoms with Crippen molar-refractivity contribution in [3.05, 3.63) is 53.9 Å². The second-order valence-corrected chi connectivity index (χ2v) is 7.56. The number of thioether (sulfide) groups is 1. The second kappa shape index (κ2) is 9.00. The number of benzene rings is 2. The number of amides is 2. The van der Waals surface area contributed by atoms with E-state index in [4.69, 9.17) is 4.74 Å². The van der Waals surface area contributed by atoms with Gasteiger partial charge in [0, 0.05) is 19.7 Å². The van der Waals surface area contributed by atoms with Crippen LogP contribution in [0.2, 0.25) is 0 Å². The van der Waals surface area contributed by atoms with Crippen molar-refractivity contribution in [3.63, 3.8) is 0 Å². The van der Waals surface area contributed by atoms with Gasteiger partial charge in [0.05, 0.1) is 29.6 Å². The molecule has 3 aromatic rings. The highest BCUT2D eigenvalue weighted by molar-refractivity contribution is 7.97. The molecule has 8 heteroatoms. The molecule has 0 spiro atoms. The van der Waals surface area contributed by atoms with E-state index in [1.54, 1.807) is 44.1 Å². The zero-order valence-corrected chi connectivity index (χ0v) is 17.7. The predicted octanol–water partition coefficient (Wildman–Crippen LogP) is 3.25. The molecular weight excluding hydrogens is 388 g/mol. The maximum absolute atomic E-state index is 12.8. The van der Waals surface area contributed by atoms with Crippen molar-refractivity contribution >= 4 is 40.3 Å². The molecule has 1 N–H and O–H groups in total. The molecule has 0 fully saturated rings. The van der Waals surface area contributed by atoms with Gasteiger partial charge in [0.15, 0.2) is 0 Å². The zero-order valence-electron chi connectivity index (χ0n) is 16.9. The third-order valence-corrected chi connectivity index (χ3v) is 4.98. The van der Waals surface area contributed by atoms with E-state index in [-0.39, 0.29) is 18.4 Å². The quantitative estimate of drug-likeness (QED) is 0.645. The lowest BCUT2D eigenvalue weighted by Crippen LogP contribution is -2.23. The minimum Gasteiger partial charge on any atom is -0.495 e. The lowest BCUT2D eigenvalue weighted by molar-refractivity contribution is -0.116. The third-order valence-electron chi connectivity index (χ3n) is 4.44. The number of methoxy groups -OCH3 is 1. The number of carbonyl (C=O) groups excluding carboxylic acids is 2. The minimum absolute atomic E-state index is 0.116. The van der Waals surface area contributed by atoms with E-state index in [2.05, 4.69) is 10.3 Å². The average molecular weight is 413 g/mol. The maximum atomic E-state index is 12.8. The summed E-state index contributed by atoms with van der Waals surface area (Å²) in [4.78, 5) is 31.2. The van der Waals surface area contributed by atoms with E-state index >= 15 is 0 Å². The predicted molar refractivity (Wildman–Crippen MR) is 117 cm³/mol. The summed E-state index contributed by atoms with van der Waals surface area (Å²) in [5, 5.41) is 2.88. The molecule has 152 valence electrons. The van der Waals surface area contributed by atoms with Crippen molar-refractivity contribution in [1.29, 1.82) is 0 Å². The number of imidazole rings is 1. The van der Waals surface area contributed by atoms with Crippen LogP contribution in [0.5, 0.6) is 5.75 Å². The summed E-state index contributed by atoms with van der Waals surface area (Å²) in [7, 11) is 4.89. The van der Waals surface area contributed by atoms with Gasteiger partial charge < -0.3 is 19.5 Å². The molecule has 0 bridgehead atoms. The Morgan fingerprint density at radius 3 is 2.66 bits per heavy atom. The van der Waals surface area contributed by atoms with Gasteiger partial charge in [-0.15, -0.1) is 0 Å². The Labute approximate surface area is 174 Å². The molecule has 1 aromatic heterocycles. The normalized spacial score (nSPS) is 10.8. The second-order valence-electron chi connectivity index (χ2n) is 6.70. The SMILES string of the molecule is COc1ccc(C(=O)N(C)C)cc1NC(=O)Cn1c(CSC)nc2ccccc21. The van der Waals surface area contributed by atoms with Gasteiger partial charge in [-0.1, -0.05) is 12.1 Å². The van der Waals surface area contributed by atoms with E-state index in [1.165, 1.54) is 12.0 Å². The molecule has 2 aromatic carbocycles. The smallest absolute Gasteiger partial charge is 0.253 e. The number of aromatic nitrogens is 2. The van der Waals surface area contributed by atoms with Crippen molar-refractivity contribution in [1.82, 2.24) is 14.5 Å². The van der Waals surface area contributed by atoms with Crippen molar-refractivity contribution in [2.75, 3.05) is 32.8 Å². The van der Waals surface area contributed by atoms with Crippen LogP contribution in [0.15, 0.2) is 42.5 Å². The van der Waals surface area contributed by atoms with Crippen LogP contribution >= 0.6 is 11.8 Å². The molecule has 7 nitrogen and oxygen atoms in total. The molecule has 0 unspecified atom stereocenters. The Bertz CT molecular complexity index is 1050. The molecule has 2 amide bonds. The molecule has 0 saturated carbocycles. The summed E-state index contributed by atoms with van der Waals surface area (Å²) in [5.74, 6) is 1.68. The number of para-hydroxylation sites is 2. The van der Waals surface area contributed by atoms with Gasteiger partial charge in [-0.25, -0.2) is 4.98 Å². The van der Waals surface area contributed by atoms with Crippen LogP contribution < -0.4 is 10.1 Å². The summed E-state index contributed by atoms with van der Waals surface area (Å²) in [6.07, 6.45) is 2.00. The Kier molecular flexibility index (Phi) is 6.43. The average Bonchev–Trinajstić information content (AvgIpc) is 3.04. The Morgan fingerprint density at radius 1 is 1.21 bits per heavy atom. The molecule has 0 aliphatic rings. The molecule has 29 heavy (non-hydrogen) atoms. The summed E-state index contributed by atoms with van der Waals surface area (Å²) in [6.45, 7) is 0.116. The number of hydrogen-bond acceptors (Lipinski definition) is 5. The summed E-state index contributed by atoms with van der Waals surface area (Å²) < 4.78 is 7.27. The van der Waals surface area contributed by atoms with Crippen molar-refractivity contribution in [2.45, 2.75) is 12.3 Å². The van der Waals surface area contributed by atoms with E-state index in [0.717, 1.165) is 16.9 Å². The zero-order chi connectivity index (χ0) is 21.0. The van der Waals surface area contributed by atoms with E-state index in [0.29, 0.717) is 22.8 Å². The maximum Gasteiger partial charge on any atom is 0.253 e. The third kappa shape index (κ3) is 4.54. The standard InChI is InChI=1S/C21H24N4O3S/c1-24(2)21(27)14-9-10-18(28-3)16(11-14)23-20(26)12-25-17-8-6-5-7-15(17)22-19(25)13-29-4/h5-11H,12-13H2,1-4H3,(H,23,26). The van der Waals surface area contributed by atoms with Gasteiger partial charge in [0.2, 0.25) is 5.91 Å². The van der Waals surface area contributed by atoms with E-state index in [9.17, 15) is 9.59 Å². The molecule has 0 aliphatic heterocycles. The van der Waals surface area contributed by atoms with Crippen molar-refractivity contribution < 1.29 is 14.3 Å². The highest BCUT2D eigenvalue weighted by atomic mass is 32.2. The number of rotatable bonds is 7. The fourth-order valence-electron chi connectivity index (χ4n) is 3.07. The lowest BCUT2D eigenvalue weighted by atomic mass is 10.1. The largest absolute Gasteiger partial charge is 0.495 e. The van der Waals surface area contributed by atoms with E-state index in [1.807, 2.05) is 35.1 Å². The first-order valence-electron chi connectivity index (χ1n) is 9.07. The van der Waals surface area contributed by atoms with Crippen LogP contribution in [0.25, 0.3) is 11.0 Å². The lowest BCUT2D eigenvalue weighted by Gasteiger charge is -2.15. The van der Waals surface area contributed by atoms with Gasteiger partial charge in [0.1, 0.15) is 18.1 Å². The van der Waals surface area contributed by atoms with E-state index < -0.39 is 0 Å². The Hall–Kier alpha value is -3.00. The summed E-state index contributed by atoms with van der Waals surface area (Å²) >= 11 is 1.65.